The highest BCUT2D eigenvalue weighted by molar-refractivity contribution is 5.84. The summed E-state index contributed by atoms with van der Waals surface area (Å²) >= 11 is 0. The van der Waals surface area contributed by atoms with Crippen LogP contribution < -0.4 is 0 Å². The van der Waals surface area contributed by atoms with Gasteiger partial charge in [0.05, 0.1) is 13.2 Å². The van der Waals surface area contributed by atoms with E-state index in [2.05, 4.69) is 0 Å². The molecule has 0 saturated carbocycles. The highest BCUT2D eigenvalue weighted by atomic mass is 16.5. The van der Waals surface area contributed by atoms with Gasteiger partial charge in [0, 0.05) is 7.11 Å². The highest BCUT2D eigenvalue weighted by Gasteiger charge is 2.29. The van der Waals surface area contributed by atoms with E-state index in [0.29, 0.717) is 6.61 Å². The van der Waals surface area contributed by atoms with Crippen molar-refractivity contribution in [2.24, 2.45) is 0 Å². The van der Waals surface area contributed by atoms with Gasteiger partial charge in [-0.25, -0.2) is 0 Å². The molecule has 3 nitrogen and oxygen atoms in total. The number of carbonyl (C=O) groups excluding carboxylic acids is 1. The smallest absolute Gasteiger partial charge is 0.163 e. The van der Waals surface area contributed by atoms with Crippen molar-refractivity contribution >= 4 is 5.78 Å². The Kier molecular flexibility index (Phi) is 4.65. The van der Waals surface area contributed by atoms with Gasteiger partial charge in [0.15, 0.2) is 5.78 Å². The summed E-state index contributed by atoms with van der Waals surface area (Å²) in [6.07, 6.45) is 0. The maximum Gasteiger partial charge on any atom is 0.163 e. The number of methoxy groups -OCH3 is 1. The molecule has 16 heavy (non-hydrogen) atoms. The number of Topliss-reactive ketones (excluding diaryl/α,β-unsaturated/α-hetero) is 1. The first-order valence-corrected chi connectivity index (χ1v) is 5.26. The summed E-state index contributed by atoms with van der Waals surface area (Å²) in [5.41, 5.74) is 0.249. The third kappa shape index (κ3) is 3.43. The second kappa shape index (κ2) is 5.77. The van der Waals surface area contributed by atoms with Crippen molar-refractivity contribution in [2.75, 3.05) is 13.7 Å². The summed E-state index contributed by atoms with van der Waals surface area (Å²) in [7, 11) is 1.52. The van der Waals surface area contributed by atoms with Crippen LogP contribution in [0.1, 0.15) is 19.4 Å². The first-order chi connectivity index (χ1) is 7.58. The van der Waals surface area contributed by atoms with Gasteiger partial charge >= 0.3 is 0 Å². The minimum atomic E-state index is -0.839. The van der Waals surface area contributed by atoms with Crippen LogP contribution in [0.15, 0.2) is 30.3 Å². The van der Waals surface area contributed by atoms with Crippen LogP contribution in [0.5, 0.6) is 0 Å². The van der Waals surface area contributed by atoms with Gasteiger partial charge in [0.25, 0.3) is 0 Å². The second-order valence-electron chi connectivity index (χ2n) is 3.97. The summed E-state index contributed by atoms with van der Waals surface area (Å²) < 4.78 is 10.7. The molecule has 0 aliphatic carbocycles. The number of ether oxygens (including phenoxy) is 2. The Morgan fingerprint density at radius 3 is 2.44 bits per heavy atom. The number of hydrogen-bond acceptors (Lipinski definition) is 3. The molecule has 1 aromatic carbocycles. The van der Waals surface area contributed by atoms with Crippen molar-refractivity contribution < 1.29 is 14.3 Å². The molecule has 0 amide bonds. The Bertz CT molecular complexity index is 334. The van der Waals surface area contributed by atoms with Crippen molar-refractivity contribution in [3.05, 3.63) is 35.9 Å². The zero-order valence-electron chi connectivity index (χ0n) is 10.0. The second-order valence-corrected chi connectivity index (χ2v) is 3.97. The fraction of sp³-hybridized carbons (Fsp3) is 0.462. The third-order valence-corrected chi connectivity index (χ3v) is 2.68. The summed E-state index contributed by atoms with van der Waals surface area (Å²) in [6.45, 7) is 4.01. The molecule has 0 aliphatic rings. The van der Waals surface area contributed by atoms with Crippen LogP contribution in [0.3, 0.4) is 0 Å². The lowest BCUT2D eigenvalue weighted by molar-refractivity contribution is -0.144. The lowest BCUT2D eigenvalue weighted by Gasteiger charge is -2.24. The average Bonchev–Trinajstić information content (AvgIpc) is 2.30. The van der Waals surface area contributed by atoms with E-state index < -0.39 is 5.60 Å². The lowest BCUT2D eigenvalue weighted by atomic mass is 10.0. The van der Waals surface area contributed by atoms with E-state index in [4.69, 9.17) is 9.47 Å². The lowest BCUT2D eigenvalue weighted by Crippen LogP contribution is -2.40. The van der Waals surface area contributed by atoms with Crippen molar-refractivity contribution in [3.8, 4) is 0 Å². The Labute approximate surface area is 96.4 Å². The predicted octanol–water partition coefficient (Wildman–Crippen LogP) is 2.20. The van der Waals surface area contributed by atoms with Crippen molar-refractivity contribution in [1.82, 2.24) is 0 Å². The molecule has 1 aromatic rings. The maximum atomic E-state index is 11.3. The SMILES string of the molecule is COC(C)(COCc1ccccc1)C(C)=O. The fourth-order valence-electron chi connectivity index (χ4n) is 1.24. The summed E-state index contributed by atoms with van der Waals surface area (Å²) in [4.78, 5) is 11.3. The molecule has 88 valence electrons. The summed E-state index contributed by atoms with van der Waals surface area (Å²) in [6, 6.07) is 9.84. The molecule has 3 heteroatoms. The van der Waals surface area contributed by atoms with Gasteiger partial charge in [-0.05, 0) is 19.4 Å². The molecular formula is C13H18O3. The third-order valence-electron chi connectivity index (χ3n) is 2.68. The number of ketones is 1. The monoisotopic (exact) mass is 222 g/mol. The summed E-state index contributed by atoms with van der Waals surface area (Å²) in [5.74, 6) is -0.0249. The zero-order valence-corrected chi connectivity index (χ0v) is 10.0. The van der Waals surface area contributed by atoms with Crippen molar-refractivity contribution in [3.63, 3.8) is 0 Å². The molecule has 0 aromatic heterocycles. The van der Waals surface area contributed by atoms with Crippen LogP contribution in [0.25, 0.3) is 0 Å². The van der Waals surface area contributed by atoms with Gasteiger partial charge < -0.3 is 9.47 Å². The van der Waals surface area contributed by atoms with E-state index in [-0.39, 0.29) is 12.4 Å². The van der Waals surface area contributed by atoms with Gasteiger partial charge in [-0.3, -0.25) is 4.79 Å². The minimum absolute atomic E-state index is 0.0249. The number of rotatable bonds is 6. The molecule has 0 saturated heterocycles. The number of carbonyl (C=O) groups is 1. The standard InChI is InChI=1S/C13H18O3/c1-11(14)13(2,15-3)10-16-9-12-7-5-4-6-8-12/h4-8H,9-10H2,1-3H3. The molecule has 0 spiro atoms. The normalized spacial score (nSPS) is 14.4. The minimum Gasteiger partial charge on any atom is -0.373 e. The number of benzene rings is 1. The van der Waals surface area contributed by atoms with Gasteiger partial charge in [0.1, 0.15) is 5.60 Å². The van der Waals surface area contributed by atoms with Gasteiger partial charge in [-0.2, -0.15) is 0 Å². The van der Waals surface area contributed by atoms with E-state index in [1.807, 2.05) is 30.3 Å². The molecule has 1 rings (SSSR count). The quantitative estimate of drug-likeness (QED) is 0.740. The fourth-order valence-corrected chi connectivity index (χ4v) is 1.24. The molecule has 0 radical (unpaired) electrons. The Morgan fingerprint density at radius 2 is 1.94 bits per heavy atom. The van der Waals surface area contributed by atoms with Crippen molar-refractivity contribution in [1.29, 1.82) is 0 Å². The number of hydrogen-bond donors (Lipinski definition) is 0. The molecule has 0 heterocycles. The zero-order chi connectivity index (χ0) is 12.0. The molecule has 1 unspecified atom stereocenters. The van der Waals surface area contributed by atoms with E-state index >= 15 is 0 Å². The largest absolute Gasteiger partial charge is 0.373 e. The Balaban J connectivity index is 2.43. The first kappa shape index (κ1) is 12.9. The highest BCUT2D eigenvalue weighted by Crippen LogP contribution is 2.12. The first-order valence-electron chi connectivity index (χ1n) is 5.26. The van der Waals surface area contributed by atoms with E-state index in [1.54, 1.807) is 6.92 Å². The Hall–Kier alpha value is -1.19. The van der Waals surface area contributed by atoms with E-state index in [0.717, 1.165) is 5.56 Å². The topological polar surface area (TPSA) is 35.5 Å². The van der Waals surface area contributed by atoms with Crippen molar-refractivity contribution in [2.45, 2.75) is 26.1 Å². The maximum absolute atomic E-state index is 11.3. The van der Waals surface area contributed by atoms with Crippen LogP contribution in [0.2, 0.25) is 0 Å². The molecule has 0 fully saturated rings. The van der Waals surface area contributed by atoms with Gasteiger partial charge in [-0.1, -0.05) is 30.3 Å². The van der Waals surface area contributed by atoms with E-state index in [1.165, 1.54) is 14.0 Å². The molecule has 0 aliphatic heterocycles. The molecule has 1 atom stereocenters. The van der Waals surface area contributed by atoms with Crippen LogP contribution >= 0.6 is 0 Å². The van der Waals surface area contributed by atoms with Crippen LogP contribution in [-0.2, 0) is 20.9 Å². The molecule has 0 bridgehead atoms. The van der Waals surface area contributed by atoms with Gasteiger partial charge in [-0.15, -0.1) is 0 Å². The van der Waals surface area contributed by atoms with Crippen LogP contribution in [-0.4, -0.2) is 25.1 Å². The van der Waals surface area contributed by atoms with Crippen LogP contribution in [0, 0.1) is 0 Å². The summed E-state index contributed by atoms with van der Waals surface area (Å²) in [5, 5.41) is 0. The average molecular weight is 222 g/mol. The molecule has 0 N–H and O–H groups in total. The van der Waals surface area contributed by atoms with Crippen LogP contribution in [0.4, 0.5) is 0 Å². The molecular weight excluding hydrogens is 204 g/mol. The Morgan fingerprint density at radius 1 is 1.31 bits per heavy atom. The van der Waals surface area contributed by atoms with Gasteiger partial charge in [0.2, 0.25) is 0 Å². The predicted molar refractivity (Wildman–Crippen MR) is 62.2 cm³/mol. The van der Waals surface area contributed by atoms with E-state index in [9.17, 15) is 4.79 Å².